The van der Waals surface area contributed by atoms with Gasteiger partial charge in [0.1, 0.15) is 11.4 Å². The van der Waals surface area contributed by atoms with E-state index in [-0.39, 0.29) is 24.1 Å². The molecule has 24 heavy (non-hydrogen) atoms. The number of carbonyl (C=O) groups is 1. The largest absolute Gasteiger partial charge is 0.332 e. The van der Waals surface area contributed by atoms with E-state index < -0.39 is 0 Å². The smallest absolute Gasteiger partial charge is 0.262 e. The van der Waals surface area contributed by atoms with E-state index in [1.807, 2.05) is 22.6 Å². The molecule has 4 rings (SSSR count). The van der Waals surface area contributed by atoms with E-state index in [2.05, 4.69) is 9.97 Å². The zero-order chi connectivity index (χ0) is 16.7. The first-order valence-corrected chi connectivity index (χ1v) is 9.53. The molecule has 3 aromatic heterocycles. The summed E-state index contributed by atoms with van der Waals surface area (Å²) in [5.74, 6) is -0.0540. The van der Waals surface area contributed by atoms with Crippen molar-refractivity contribution in [3.8, 4) is 0 Å². The molecule has 0 unspecified atom stereocenters. The molecular weight excluding hydrogens is 344 g/mol. The second-order valence-corrected chi connectivity index (χ2v) is 7.81. The quantitative estimate of drug-likeness (QED) is 0.720. The molecule has 6 nitrogen and oxygen atoms in total. The van der Waals surface area contributed by atoms with Crippen LogP contribution in [0.2, 0.25) is 0 Å². The number of amides is 1. The third-order valence-corrected chi connectivity index (χ3v) is 5.92. The van der Waals surface area contributed by atoms with Crippen molar-refractivity contribution in [2.75, 3.05) is 6.54 Å². The molecule has 0 spiro atoms. The van der Waals surface area contributed by atoms with Crippen LogP contribution in [0.3, 0.4) is 0 Å². The van der Waals surface area contributed by atoms with Crippen LogP contribution in [0, 0.1) is 6.92 Å². The van der Waals surface area contributed by atoms with Crippen LogP contribution in [-0.4, -0.2) is 31.9 Å². The zero-order valence-electron chi connectivity index (χ0n) is 13.1. The van der Waals surface area contributed by atoms with Gasteiger partial charge in [0.15, 0.2) is 0 Å². The number of thiazole rings is 1. The molecule has 124 valence electrons. The Morgan fingerprint density at radius 1 is 1.42 bits per heavy atom. The predicted octanol–water partition coefficient (Wildman–Crippen LogP) is 2.59. The normalized spacial score (nSPS) is 17.7. The maximum atomic E-state index is 12.7. The molecule has 1 aliphatic rings. The van der Waals surface area contributed by atoms with Gasteiger partial charge in [-0.15, -0.1) is 22.7 Å². The first kappa shape index (κ1) is 15.5. The summed E-state index contributed by atoms with van der Waals surface area (Å²) < 4.78 is 1.40. The summed E-state index contributed by atoms with van der Waals surface area (Å²) in [6.45, 7) is 2.71. The van der Waals surface area contributed by atoms with Crippen LogP contribution in [0.5, 0.6) is 0 Å². The molecule has 1 aliphatic heterocycles. The molecule has 3 aromatic rings. The molecule has 8 heteroatoms. The van der Waals surface area contributed by atoms with Gasteiger partial charge in [0.25, 0.3) is 5.56 Å². The number of hydrogen-bond acceptors (Lipinski definition) is 6. The third-order valence-electron chi connectivity index (χ3n) is 4.31. The van der Waals surface area contributed by atoms with Gasteiger partial charge in [0.05, 0.1) is 28.5 Å². The van der Waals surface area contributed by atoms with Gasteiger partial charge < -0.3 is 4.90 Å². The fourth-order valence-electron chi connectivity index (χ4n) is 3.15. The molecule has 0 radical (unpaired) electrons. The highest BCUT2D eigenvalue weighted by Gasteiger charge is 2.31. The Kier molecular flexibility index (Phi) is 3.93. The first-order valence-electron chi connectivity index (χ1n) is 7.77. The second kappa shape index (κ2) is 6.10. The minimum atomic E-state index is -0.158. The highest BCUT2D eigenvalue weighted by molar-refractivity contribution is 7.16. The summed E-state index contributed by atoms with van der Waals surface area (Å²) in [6.07, 6.45) is 3.35. The van der Waals surface area contributed by atoms with E-state index in [1.54, 1.807) is 17.4 Å². The van der Waals surface area contributed by atoms with Crippen LogP contribution >= 0.6 is 22.7 Å². The fourth-order valence-corrected chi connectivity index (χ4v) is 4.53. The van der Waals surface area contributed by atoms with Gasteiger partial charge in [-0.1, -0.05) is 0 Å². The lowest BCUT2D eigenvalue weighted by atomic mass is 10.1. The lowest BCUT2D eigenvalue weighted by Gasteiger charge is -2.23. The molecule has 4 heterocycles. The Labute approximate surface area is 146 Å². The minimum Gasteiger partial charge on any atom is -0.332 e. The molecule has 0 saturated carbocycles. The summed E-state index contributed by atoms with van der Waals surface area (Å²) in [5, 5.41) is 5.44. The molecular formula is C16H16N4O2S2. The van der Waals surface area contributed by atoms with E-state index in [1.165, 1.54) is 22.2 Å². The van der Waals surface area contributed by atoms with Gasteiger partial charge in [0.2, 0.25) is 5.91 Å². The molecule has 0 aliphatic carbocycles. The Morgan fingerprint density at radius 3 is 3.08 bits per heavy atom. The van der Waals surface area contributed by atoms with Crippen LogP contribution in [0.25, 0.3) is 10.2 Å². The molecule has 1 amide bonds. The van der Waals surface area contributed by atoms with Crippen LogP contribution in [0.15, 0.2) is 27.9 Å². The highest BCUT2D eigenvalue weighted by Crippen LogP contribution is 2.32. The number of aryl methyl sites for hydroxylation is 1. The van der Waals surface area contributed by atoms with Crippen molar-refractivity contribution < 1.29 is 4.79 Å². The van der Waals surface area contributed by atoms with Crippen molar-refractivity contribution in [3.05, 3.63) is 44.2 Å². The fraction of sp³-hybridized carbons (Fsp3) is 0.375. The van der Waals surface area contributed by atoms with Crippen molar-refractivity contribution in [2.45, 2.75) is 32.4 Å². The third kappa shape index (κ3) is 2.65. The maximum Gasteiger partial charge on any atom is 0.262 e. The predicted molar refractivity (Wildman–Crippen MR) is 94.4 cm³/mol. The number of carbonyl (C=O) groups excluding carboxylic acids is 1. The van der Waals surface area contributed by atoms with Gasteiger partial charge in [-0.25, -0.2) is 9.97 Å². The van der Waals surface area contributed by atoms with Gasteiger partial charge >= 0.3 is 0 Å². The molecule has 1 fully saturated rings. The first-order chi connectivity index (χ1) is 11.6. The minimum absolute atomic E-state index is 0.0241. The average molecular weight is 360 g/mol. The van der Waals surface area contributed by atoms with E-state index in [0.29, 0.717) is 16.8 Å². The van der Waals surface area contributed by atoms with Gasteiger partial charge in [-0.3, -0.25) is 14.2 Å². The van der Waals surface area contributed by atoms with Crippen LogP contribution in [0.4, 0.5) is 0 Å². The SMILES string of the molecule is Cc1nc([C@H]2CCCN2C(=O)Cn2cnc3sccc3c2=O)cs1. The van der Waals surface area contributed by atoms with Crippen molar-refractivity contribution in [2.24, 2.45) is 0 Å². The number of aromatic nitrogens is 3. The molecule has 1 atom stereocenters. The lowest BCUT2D eigenvalue weighted by molar-refractivity contribution is -0.132. The molecule has 1 saturated heterocycles. The Morgan fingerprint density at radius 2 is 2.29 bits per heavy atom. The molecule has 0 bridgehead atoms. The number of hydrogen-bond donors (Lipinski definition) is 0. The Bertz CT molecular complexity index is 958. The number of thiophene rings is 1. The topological polar surface area (TPSA) is 68.1 Å². The van der Waals surface area contributed by atoms with Gasteiger partial charge in [-0.05, 0) is 31.2 Å². The van der Waals surface area contributed by atoms with Crippen molar-refractivity contribution in [1.82, 2.24) is 19.4 Å². The summed E-state index contributed by atoms with van der Waals surface area (Å²) in [4.78, 5) is 36.5. The Balaban J connectivity index is 1.58. The second-order valence-electron chi connectivity index (χ2n) is 5.85. The van der Waals surface area contributed by atoms with Crippen LogP contribution in [-0.2, 0) is 11.3 Å². The number of rotatable bonds is 3. The maximum absolute atomic E-state index is 12.7. The summed E-state index contributed by atoms with van der Waals surface area (Å²) in [7, 11) is 0. The van der Waals surface area contributed by atoms with E-state index in [4.69, 9.17) is 0 Å². The van der Waals surface area contributed by atoms with Crippen molar-refractivity contribution >= 4 is 38.8 Å². The van der Waals surface area contributed by atoms with Gasteiger partial charge in [-0.2, -0.15) is 0 Å². The van der Waals surface area contributed by atoms with E-state index in [9.17, 15) is 9.59 Å². The zero-order valence-corrected chi connectivity index (χ0v) is 14.8. The monoisotopic (exact) mass is 360 g/mol. The standard InChI is InChI=1S/C16H16N4O2S2/c1-10-18-12(8-24-10)13-3-2-5-20(13)14(21)7-19-9-17-15-11(16(19)22)4-6-23-15/h4,6,8-9,13H,2-3,5,7H2,1H3/t13-/m1/s1. The van der Waals surface area contributed by atoms with Gasteiger partial charge in [0, 0.05) is 11.9 Å². The van der Waals surface area contributed by atoms with Crippen molar-refractivity contribution in [3.63, 3.8) is 0 Å². The van der Waals surface area contributed by atoms with Crippen LogP contribution < -0.4 is 5.56 Å². The Hall–Kier alpha value is -2.06. The number of fused-ring (bicyclic) bond motifs is 1. The highest BCUT2D eigenvalue weighted by atomic mass is 32.1. The number of nitrogens with zero attached hydrogens (tertiary/aromatic N) is 4. The number of likely N-dealkylation sites (tertiary alicyclic amines) is 1. The molecule has 0 aromatic carbocycles. The summed E-state index contributed by atoms with van der Waals surface area (Å²) in [6, 6.07) is 1.78. The summed E-state index contributed by atoms with van der Waals surface area (Å²) >= 11 is 3.03. The average Bonchev–Trinajstić information content (AvgIpc) is 3.28. The van der Waals surface area contributed by atoms with E-state index in [0.717, 1.165) is 23.5 Å². The van der Waals surface area contributed by atoms with Crippen molar-refractivity contribution in [1.29, 1.82) is 0 Å². The molecule has 0 N–H and O–H groups in total. The lowest BCUT2D eigenvalue weighted by Crippen LogP contribution is -2.36. The van der Waals surface area contributed by atoms with Crippen LogP contribution in [0.1, 0.15) is 29.6 Å². The van der Waals surface area contributed by atoms with E-state index >= 15 is 0 Å². The summed E-state index contributed by atoms with van der Waals surface area (Å²) in [5.41, 5.74) is 0.803.